The highest BCUT2D eigenvalue weighted by molar-refractivity contribution is 9.10. The first-order chi connectivity index (χ1) is 8.18. The van der Waals surface area contributed by atoms with E-state index in [0.29, 0.717) is 20.5 Å². The molecule has 0 saturated heterocycles. The number of anilines is 1. The van der Waals surface area contributed by atoms with Gasteiger partial charge in [0.2, 0.25) is 0 Å². The number of carbonyl (C=O) groups is 1. The van der Waals surface area contributed by atoms with Crippen molar-refractivity contribution in [1.29, 1.82) is 0 Å². The molecule has 2 aromatic heterocycles. The third kappa shape index (κ3) is 2.89. The van der Waals surface area contributed by atoms with Gasteiger partial charge in [0.1, 0.15) is 9.21 Å². The summed E-state index contributed by atoms with van der Waals surface area (Å²) in [5, 5.41) is 2.75. The van der Waals surface area contributed by atoms with Gasteiger partial charge in [-0.3, -0.25) is 4.79 Å². The van der Waals surface area contributed by atoms with Crippen molar-refractivity contribution < 1.29 is 4.79 Å². The first-order valence-corrected chi connectivity index (χ1v) is 6.29. The second-order valence-corrected chi connectivity index (χ2v) is 4.64. The number of nitrogens with zero attached hydrogens (tertiary/aromatic N) is 2. The van der Waals surface area contributed by atoms with Gasteiger partial charge >= 0.3 is 0 Å². The Kier molecular flexibility index (Phi) is 3.86. The molecule has 0 saturated carbocycles. The van der Waals surface area contributed by atoms with Gasteiger partial charge in [-0.15, -0.1) is 0 Å². The van der Waals surface area contributed by atoms with E-state index in [-0.39, 0.29) is 5.91 Å². The van der Waals surface area contributed by atoms with Crippen LogP contribution in [0, 0.1) is 0 Å². The van der Waals surface area contributed by atoms with Gasteiger partial charge in [-0.1, -0.05) is 0 Å². The van der Waals surface area contributed by atoms with Gasteiger partial charge in [-0.2, -0.15) is 0 Å². The van der Waals surface area contributed by atoms with Crippen LogP contribution in [0.15, 0.2) is 45.9 Å². The third-order valence-electron chi connectivity index (χ3n) is 2.01. The van der Waals surface area contributed by atoms with E-state index in [0.717, 1.165) is 0 Å². The van der Waals surface area contributed by atoms with Gasteiger partial charge in [0.25, 0.3) is 5.91 Å². The number of hydrogen-bond acceptors (Lipinski definition) is 3. The lowest BCUT2D eigenvalue weighted by molar-refractivity contribution is 0.102. The number of rotatable bonds is 2. The van der Waals surface area contributed by atoms with E-state index in [2.05, 4.69) is 47.1 Å². The summed E-state index contributed by atoms with van der Waals surface area (Å²) in [5.41, 5.74) is 1.09. The van der Waals surface area contributed by atoms with E-state index < -0.39 is 0 Å². The second-order valence-electron chi connectivity index (χ2n) is 3.14. The molecule has 1 N–H and O–H groups in total. The summed E-state index contributed by atoms with van der Waals surface area (Å²) in [6, 6.07) is 6.91. The highest BCUT2D eigenvalue weighted by Crippen LogP contribution is 2.20. The molecule has 0 spiro atoms. The standard InChI is InChI=1S/C11H7Br2N3O/c12-9-7(3-1-5-14-9)11(17)16-8-4-2-6-15-10(8)13/h1-6H,(H,16,17). The summed E-state index contributed by atoms with van der Waals surface area (Å²) < 4.78 is 1.10. The lowest BCUT2D eigenvalue weighted by atomic mass is 10.2. The molecule has 0 aromatic carbocycles. The monoisotopic (exact) mass is 355 g/mol. The number of amides is 1. The Morgan fingerprint density at radius 2 is 1.71 bits per heavy atom. The Hall–Kier alpha value is -1.27. The topological polar surface area (TPSA) is 54.9 Å². The second kappa shape index (κ2) is 5.37. The molecule has 0 bridgehead atoms. The smallest absolute Gasteiger partial charge is 0.258 e. The fraction of sp³-hybridized carbons (Fsp3) is 0. The van der Waals surface area contributed by atoms with Crippen LogP contribution in [0.3, 0.4) is 0 Å². The van der Waals surface area contributed by atoms with Crippen LogP contribution >= 0.6 is 31.9 Å². The molecule has 0 aliphatic heterocycles. The van der Waals surface area contributed by atoms with Crippen LogP contribution in [0.5, 0.6) is 0 Å². The van der Waals surface area contributed by atoms with Crippen LogP contribution < -0.4 is 5.32 Å². The largest absolute Gasteiger partial charge is 0.320 e. The molecule has 0 aliphatic carbocycles. The molecule has 2 aromatic rings. The first-order valence-electron chi connectivity index (χ1n) is 4.71. The van der Waals surface area contributed by atoms with E-state index >= 15 is 0 Å². The predicted octanol–water partition coefficient (Wildman–Crippen LogP) is 3.25. The summed E-state index contributed by atoms with van der Waals surface area (Å²) in [4.78, 5) is 20.0. The van der Waals surface area contributed by atoms with Crippen LogP contribution in [-0.4, -0.2) is 15.9 Å². The van der Waals surface area contributed by atoms with E-state index in [1.165, 1.54) is 0 Å². The van der Waals surface area contributed by atoms with Crippen molar-refractivity contribution in [2.45, 2.75) is 0 Å². The fourth-order valence-electron chi connectivity index (χ4n) is 1.22. The van der Waals surface area contributed by atoms with Crippen molar-refractivity contribution >= 4 is 43.5 Å². The Morgan fingerprint density at radius 1 is 1.06 bits per heavy atom. The number of carbonyl (C=O) groups excluding carboxylic acids is 1. The van der Waals surface area contributed by atoms with Crippen LogP contribution in [-0.2, 0) is 0 Å². The quantitative estimate of drug-likeness (QED) is 0.840. The highest BCUT2D eigenvalue weighted by atomic mass is 79.9. The minimum Gasteiger partial charge on any atom is -0.320 e. The molecule has 2 rings (SSSR count). The van der Waals surface area contributed by atoms with Gasteiger partial charge in [-0.05, 0) is 56.1 Å². The van der Waals surface area contributed by atoms with E-state index in [1.807, 2.05) is 0 Å². The van der Waals surface area contributed by atoms with Gasteiger partial charge in [0.05, 0.1) is 11.3 Å². The molecule has 0 fully saturated rings. The van der Waals surface area contributed by atoms with Gasteiger partial charge < -0.3 is 5.32 Å². The third-order valence-corrected chi connectivity index (χ3v) is 3.27. The molecule has 0 unspecified atom stereocenters. The summed E-state index contributed by atoms with van der Waals surface area (Å²) in [7, 11) is 0. The van der Waals surface area contributed by atoms with Crippen LogP contribution in [0.25, 0.3) is 0 Å². The first kappa shape index (κ1) is 12.2. The molecule has 4 nitrogen and oxygen atoms in total. The van der Waals surface area contributed by atoms with Crippen molar-refractivity contribution in [3.8, 4) is 0 Å². The van der Waals surface area contributed by atoms with Crippen molar-refractivity contribution in [1.82, 2.24) is 9.97 Å². The molecule has 1 amide bonds. The van der Waals surface area contributed by atoms with Crippen molar-refractivity contribution in [3.63, 3.8) is 0 Å². The Morgan fingerprint density at radius 3 is 2.35 bits per heavy atom. The maximum absolute atomic E-state index is 12.0. The summed E-state index contributed by atoms with van der Waals surface area (Å²) >= 11 is 6.49. The molecule has 2 heterocycles. The Bertz CT molecular complexity index is 560. The maximum atomic E-state index is 12.0. The van der Waals surface area contributed by atoms with Gasteiger partial charge in [0.15, 0.2) is 0 Å². The molecule has 0 radical (unpaired) electrons. The average Bonchev–Trinajstić information content (AvgIpc) is 2.32. The zero-order chi connectivity index (χ0) is 12.3. The molecule has 0 atom stereocenters. The molecular formula is C11H7Br2N3O. The minimum absolute atomic E-state index is 0.237. The molecule has 17 heavy (non-hydrogen) atoms. The number of halogens is 2. The number of hydrogen-bond donors (Lipinski definition) is 1. The van der Waals surface area contributed by atoms with Crippen molar-refractivity contribution in [2.75, 3.05) is 5.32 Å². The normalized spacial score (nSPS) is 10.0. The van der Waals surface area contributed by atoms with Crippen molar-refractivity contribution in [2.24, 2.45) is 0 Å². The minimum atomic E-state index is -0.237. The Balaban J connectivity index is 2.24. The SMILES string of the molecule is O=C(Nc1cccnc1Br)c1cccnc1Br. The zero-order valence-electron chi connectivity index (χ0n) is 8.52. The van der Waals surface area contributed by atoms with E-state index in [4.69, 9.17) is 0 Å². The summed E-state index contributed by atoms with van der Waals surface area (Å²) in [6.07, 6.45) is 3.25. The van der Waals surface area contributed by atoms with Crippen molar-refractivity contribution in [3.05, 3.63) is 51.4 Å². The molecule has 6 heteroatoms. The van der Waals surface area contributed by atoms with Crippen LogP contribution in [0.1, 0.15) is 10.4 Å². The number of nitrogens with one attached hydrogen (secondary N) is 1. The fourth-order valence-corrected chi connectivity index (χ4v) is 2.00. The van der Waals surface area contributed by atoms with Gasteiger partial charge in [0, 0.05) is 12.4 Å². The Labute approximate surface area is 115 Å². The van der Waals surface area contributed by atoms with Gasteiger partial charge in [-0.25, -0.2) is 9.97 Å². The maximum Gasteiger partial charge on any atom is 0.258 e. The number of pyridine rings is 2. The predicted molar refractivity (Wildman–Crippen MR) is 71.8 cm³/mol. The summed E-state index contributed by atoms with van der Waals surface area (Å²) in [5.74, 6) is -0.237. The highest BCUT2D eigenvalue weighted by Gasteiger charge is 2.11. The zero-order valence-corrected chi connectivity index (χ0v) is 11.7. The van der Waals surface area contributed by atoms with E-state index in [1.54, 1.807) is 36.7 Å². The van der Waals surface area contributed by atoms with Crippen LogP contribution in [0.2, 0.25) is 0 Å². The lowest BCUT2D eigenvalue weighted by Crippen LogP contribution is -2.13. The van der Waals surface area contributed by atoms with E-state index in [9.17, 15) is 4.79 Å². The number of aromatic nitrogens is 2. The molecule has 0 aliphatic rings. The molecule has 86 valence electrons. The van der Waals surface area contributed by atoms with Crippen LogP contribution in [0.4, 0.5) is 5.69 Å². The lowest BCUT2D eigenvalue weighted by Gasteiger charge is -2.07. The average molecular weight is 357 g/mol. The molecular weight excluding hydrogens is 350 g/mol. The summed E-state index contributed by atoms with van der Waals surface area (Å²) in [6.45, 7) is 0.